The Morgan fingerprint density at radius 2 is 1.94 bits per heavy atom. The van der Waals surface area contributed by atoms with Crippen LogP contribution in [0.4, 0.5) is 5.82 Å². The molecule has 34 heavy (non-hydrogen) atoms. The fourth-order valence-corrected chi connectivity index (χ4v) is 5.40. The van der Waals surface area contributed by atoms with Crippen LogP contribution in [0.25, 0.3) is 16.9 Å². The Labute approximate surface area is 213 Å². The highest BCUT2D eigenvalue weighted by Gasteiger charge is 2.22. The summed E-state index contributed by atoms with van der Waals surface area (Å²) in [5.41, 5.74) is 3.39. The molecule has 2 aromatic heterocycles. The van der Waals surface area contributed by atoms with Crippen molar-refractivity contribution < 1.29 is 5.11 Å². The molecule has 176 valence electrons. The van der Waals surface area contributed by atoms with Crippen LogP contribution < -0.4 is 5.32 Å². The Kier molecular flexibility index (Phi) is 7.08. The van der Waals surface area contributed by atoms with E-state index < -0.39 is 0 Å². The van der Waals surface area contributed by atoms with Crippen molar-refractivity contribution in [3.05, 3.63) is 76.9 Å². The average molecular weight is 539 g/mol. The van der Waals surface area contributed by atoms with Gasteiger partial charge < -0.3 is 15.3 Å². The summed E-state index contributed by atoms with van der Waals surface area (Å²) in [6, 6.07) is 19.7. The van der Waals surface area contributed by atoms with Crippen molar-refractivity contribution in [2.45, 2.75) is 18.1 Å². The van der Waals surface area contributed by atoms with Crippen LogP contribution in [0, 0.1) is 5.92 Å². The molecule has 2 unspecified atom stereocenters. The summed E-state index contributed by atoms with van der Waals surface area (Å²) in [4.78, 5) is 7.26. The van der Waals surface area contributed by atoms with Gasteiger partial charge in [-0.15, -0.1) is 0 Å². The molecule has 6 nitrogen and oxygen atoms in total. The predicted octanol–water partition coefficient (Wildman–Crippen LogP) is 5.66. The van der Waals surface area contributed by atoms with Crippen molar-refractivity contribution in [3.8, 4) is 17.0 Å². The van der Waals surface area contributed by atoms with Gasteiger partial charge in [-0.3, -0.25) is 0 Å². The van der Waals surface area contributed by atoms with Crippen molar-refractivity contribution >= 4 is 40.0 Å². The number of rotatable bonds is 7. The maximum Gasteiger partial charge on any atom is 0.172 e. The number of hydrogen-bond acceptors (Lipinski definition) is 6. The second-order valence-electron chi connectivity index (χ2n) is 8.85. The molecule has 0 amide bonds. The number of nitrogens with zero attached hydrogens (tertiary/aromatic N) is 4. The van der Waals surface area contributed by atoms with Gasteiger partial charge in [-0.2, -0.15) is 22.2 Å². The van der Waals surface area contributed by atoms with Crippen LogP contribution in [0.5, 0.6) is 5.75 Å². The van der Waals surface area contributed by atoms with Gasteiger partial charge in [-0.1, -0.05) is 42.5 Å². The molecule has 1 aliphatic rings. The number of likely N-dealkylation sites (tertiary alicyclic amines) is 1. The smallest absolute Gasteiger partial charge is 0.172 e. The molecule has 1 fully saturated rings. The molecule has 8 heteroatoms. The van der Waals surface area contributed by atoms with Crippen LogP contribution in [0.15, 0.2) is 71.3 Å². The highest BCUT2D eigenvalue weighted by atomic mass is 79.9. The van der Waals surface area contributed by atoms with Gasteiger partial charge in [0.2, 0.25) is 0 Å². The van der Waals surface area contributed by atoms with Crippen molar-refractivity contribution in [2.75, 3.05) is 31.5 Å². The van der Waals surface area contributed by atoms with Gasteiger partial charge >= 0.3 is 0 Å². The van der Waals surface area contributed by atoms with E-state index >= 15 is 0 Å². The zero-order valence-electron chi connectivity index (χ0n) is 18.8. The first-order valence-corrected chi connectivity index (χ1v) is 12.9. The van der Waals surface area contributed by atoms with E-state index in [9.17, 15) is 5.11 Å². The SMILES string of the molecule is Oc1ccccc1-c1cc(NCC2CCCN(CC(S)c3ccccc3)C2)n2ncc(Br)c2n1. The Balaban J connectivity index is 1.30. The minimum Gasteiger partial charge on any atom is -0.507 e. The number of hydrogen-bond donors (Lipinski definition) is 3. The summed E-state index contributed by atoms with van der Waals surface area (Å²) >= 11 is 8.42. The zero-order chi connectivity index (χ0) is 23.5. The first-order valence-electron chi connectivity index (χ1n) is 11.6. The zero-order valence-corrected chi connectivity index (χ0v) is 21.3. The number of thiol groups is 1. The molecule has 1 saturated heterocycles. The Bertz CT molecular complexity index is 1260. The standard InChI is InChI=1S/C26H28BrN5OS/c27-21-15-29-32-25(13-22(30-26(21)32)20-10-4-5-11-23(20)33)28-14-18-7-6-12-31(16-18)17-24(34)19-8-2-1-3-9-19/h1-5,8-11,13,15,18,24,28,33-34H,6-7,12,14,16-17H2. The molecular weight excluding hydrogens is 510 g/mol. The van der Waals surface area contributed by atoms with E-state index in [-0.39, 0.29) is 11.0 Å². The molecule has 0 aliphatic carbocycles. The number of phenolic OH excluding ortho intramolecular Hbond substituents is 1. The van der Waals surface area contributed by atoms with E-state index in [1.165, 1.54) is 18.4 Å². The quantitative estimate of drug-likeness (QED) is 0.265. The van der Waals surface area contributed by atoms with Crippen LogP contribution in [-0.2, 0) is 0 Å². The number of anilines is 1. The Morgan fingerprint density at radius 1 is 1.15 bits per heavy atom. The van der Waals surface area contributed by atoms with Gasteiger partial charge in [0.1, 0.15) is 11.6 Å². The minimum atomic E-state index is 0.212. The molecule has 2 N–H and O–H groups in total. The molecule has 0 bridgehead atoms. The number of halogens is 1. The lowest BCUT2D eigenvalue weighted by Crippen LogP contribution is -2.39. The number of nitrogens with one attached hydrogen (secondary N) is 1. The van der Waals surface area contributed by atoms with Crippen molar-refractivity contribution in [2.24, 2.45) is 5.92 Å². The third-order valence-corrected chi connectivity index (χ3v) is 7.42. The van der Waals surface area contributed by atoms with Crippen LogP contribution in [0.3, 0.4) is 0 Å². The fraction of sp³-hybridized carbons (Fsp3) is 0.308. The maximum absolute atomic E-state index is 10.4. The lowest BCUT2D eigenvalue weighted by Gasteiger charge is -2.34. The van der Waals surface area contributed by atoms with Crippen LogP contribution in [-0.4, -0.2) is 50.8 Å². The monoisotopic (exact) mass is 537 g/mol. The lowest BCUT2D eigenvalue weighted by atomic mass is 9.97. The van der Waals surface area contributed by atoms with E-state index in [2.05, 4.69) is 55.5 Å². The third-order valence-electron chi connectivity index (χ3n) is 6.40. The van der Waals surface area contributed by atoms with E-state index in [1.807, 2.05) is 34.8 Å². The molecule has 2 atom stereocenters. The van der Waals surface area contributed by atoms with Gasteiger partial charge in [0.05, 0.1) is 16.4 Å². The Morgan fingerprint density at radius 3 is 2.76 bits per heavy atom. The summed E-state index contributed by atoms with van der Waals surface area (Å²) in [7, 11) is 0. The molecule has 5 rings (SSSR count). The van der Waals surface area contributed by atoms with Gasteiger partial charge in [0.25, 0.3) is 0 Å². The van der Waals surface area contributed by atoms with Crippen molar-refractivity contribution in [1.29, 1.82) is 0 Å². The minimum absolute atomic E-state index is 0.212. The molecule has 0 spiro atoms. The summed E-state index contributed by atoms with van der Waals surface area (Å²) in [6.45, 7) is 3.95. The number of fused-ring (bicyclic) bond motifs is 1. The fourth-order valence-electron chi connectivity index (χ4n) is 4.65. The summed E-state index contributed by atoms with van der Waals surface area (Å²) in [6.07, 6.45) is 4.13. The predicted molar refractivity (Wildman–Crippen MR) is 144 cm³/mol. The van der Waals surface area contributed by atoms with Crippen LogP contribution in [0.2, 0.25) is 0 Å². The Hall–Kier alpha value is -2.55. The molecule has 3 heterocycles. The molecular formula is C26H28BrN5OS. The highest BCUT2D eigenvalue weighted by molar-refractivity contribution is 9.10. The van der Waals surface area contributed by atoms with Gasteiger partial charge in [0.15, 0.2) is 5.65 Å². The highest BCUT2D eigenvalue weighted by Crippen LogP contribution is 2.31. The molecule has 1 aliphatic heterocycles. The van der Waals surface area contributed by atoms with Gasteiger partial charge in [0, 0.05) is 36.5 Å². The normalized spacial score (nSPS) is 17.6. The number of benzene rings is 2. The summed E-state index contributed by atoms with van der Waals surface area (Å²) in [5.74, 6) is 1.60. The molecule has 2 aromatic carbocycles. The van der Waals surface area contributed by atoms with E-state index in [0.717, 1.165) is 36.5 Å². The average Bonchev–Trinajstić information content (AvgIpc) is 3.24. The topological polar surface area (TPSA) is 65.7 Å². The first kappa shape index (κ1) is 23.2. The lowest BCUT2D eigenvalue weighted by molar-refractivity contribution is 0.181. The third kappa shape index (κ3) is 5.09. The largest absolute Gasteiger partial charge is 0.507 e. The number of para-hydroxylation sites is 1. The molecule has 4 aromatic rings. The number of aromatic hydroxyl groups is 1. The van der Waals surface area contributed by atoms with Crippen molar-refractivity contribution in [1.82, 2.24) is 19.5 Å². The van der Waals surface area contributed by atoms with E-state index in [4.69, 9.17) is 17.6 Å². The summed E-state index contributed by atoms with van der Waals surface area (Å²) < 4.78 is 2.63. The number of aromatic nitrogens is 3. The van der Waals surface area contributed by atoms with Gasteiger partial charge in [-0.05, 0) is 58.9 Å². The number of phenols is 1. The maximum atomic E-state index is 10.4. The van der Waals surface area contributed by atoms with E-state index in [1.54, 1.807) is 12.3 Å². The van der Waals surface area contributed by atoms with Gasteiger partial charge in [-0.25, -0.2) is 4.98 Å². The van der Waals surface area contributed by atoms with Crippen LogP contribution >= 0.6 is 28.6 Å². The van der Waals surface area contributed by atoms with Crippen molar-refractivity contribution in [3.63, 3.8) is 0 Å². The second-order valence-corrected chi connectivity index (χ2v) is 10.3. The molecule has 0 radical (unpaired) electrons. The second kappa shape index (κ2) is 10.4. The van der Waals surface area contributed by atoms with Crippen LogP contribution in [0.1, 0.15) is 23.7 Å². The van der Waals surface area contributed by atoms with E-state index in [0.29, 0.717) is 22.8 Å². The summed E-state index contributed by atoms with van der Waals surface area (Å²) in [5, 5.41) is 18.7. The molecule has 0 saturated carbocycles. The number of piperidine rings is 1. The first-order chi connectivity index (χ1) is 16.6.